The van der Waals surface area contributed by atoms with Gasteiger partial charge in [0.15, 0.2) is 0 Å². The Labute approximate surface area is 94.2 Å². The number of carbonyl (C=O) groups excluding carboxylic acids is 1. The van der Waals surface area contributed by atoms with Crippen LogP contribution >= 0.6 is 11.3 Å². The van der Waals surface area contributed by atoms with Gasteiger partial charge in [0.05, 0.1) is 11.2 Å². The van der Waals surface area contributed by atoms with Crippen molar-refractivity contribution in [1.82, 2.24) is 4.98 Å². The molecule has 0 saturated carbocycles. The molecule has 0 aliphatic carbocycles. The first kappa shape index (κ1) is 12.3. The van der Waals surface area contributed by atoms with Crippen molar-refractivity contribution < 1.29 is 9.90 Å². The van der Waals surface area contributed by atoms with E-state index in [9.17, 15) is 4.79 Å². The van der Waals surface area contributed by atoms with Crippen molar-refractivity contribution in [2.45, 2.75) is 33.1 Å². The molecule has 0 amide bonds. The first-order valence-electron chi connectivity index (χ1n) is 5.15. The van der Waals surface area contributed by atoms with Crippen molar-refractivity contribution in [2.75, 3.05) is 6.61 Å². The predicted molar refractivity (Wildman–Crippen MR) is 61.0 cm³/mol. The average molecular weight is 227 g/mol. The Morgan fingerprint density at radius 1 is 1.60 bits per heavy atom. The highest BCUT2D eigenvalue weighted by Crippen LogP contribution is 2.19. The number of thiazole rings is 1. The maximum Gasteiger partial charge on any atom is 0.133 e. The average Bonchev–Trinajstić information content (AvgIpc) is 2.58. The summed E-state index contributed by atoms with van der Waals surface area (Å²) in [6.07, 6.45) is 2.28. The van der Waals surface area contributed by atoms with Crippen LogP contribution in [-0.2, 0) is 11.2 Å². The molecule has 0 spiro atoms. The fourth-order valence-corrected chi connectivity index (χ4v) is 2.38. The van der Waals surface area contributed by atoms with E-state index in [0.717, 1.165) is 18.5 Å². The molecule has 1 aromatic rings. The molecule has 1 rings (SSSR count). The Hall–Kier alpha value is -0.740. The highest BCUT2D eigenvalue weighted by Gasteiger charge is 2.14. The van der Waals surface area contributed by atoms with Crippen LogP contribution in [0.4, 0.5) is 0 Å². The molecule has 0 saturated heterocycles. The summed E-state index contributed by atoms with van der Waals surface area (Å²) in [7, 11) is 0. The van der Waals surface area contributed by atoms with E-state index in [2.05, 4.69) is 4.98 Å². The lowest BCUT2D eigenvalue weighted by Crippen LogP contribution is -2.13. The Kier molecular flexibility index (Phi) is 4.91. The summed E-state index contributed by atoms with van der Waals surface area (Å²) in [5.41, 5.74) is 2.89. The maximum absolute atomic E-state index is 11.3. The molecule has 1 unspecified atom stereocenters. The molecule has 1 atom stereocenters. The Balaban J connectivity index is 2.47. The van der Waals surface area contributed by atoms with Crippen molar-refractivity contribution in [1.29, 1.82) is 0 Å². The van der Waals surface area contributed by atoms with Crippen molar-refractivity contribution >= 4 is 17.1 Å². The molecule has 1 N–H and O–H groups in total. The quantitative estimate of drug-likeness (QED) is 0.808. The van der Waals surface area contributed by atoms with Crippen LogP contribution in [0.5, 0.6) is 0 Å². The van der Waals surface area contributed by atoms with Crippen LogP contribution in [0.25, 0.3) is 0 Å². The van der Waals surface area contributed by atoms with Crippen molar-refractivity contribution in [2.24, 2.45) is 5.92 Å². The SMILES string of the molecule is CC(=O)C(CCO)CCc1scnc1C. The largest absolute Gasteiger partial charge is 0.396 e. The summed E-state index contributed by atoms with van der Waals surface area (Å²) in [6.45, 7) is 3.67. The second-order valence-electron chi connectivity index (χ2n) is 3.72. The van der Waals surface area contributed by atoms with Crippen molar-refractivity contribution in [3.63, 3.8) is 0 Å². The van der Waals surface area contributed by atoms with Crippen LogP contribution in [0, 0.1) is 12.8 Å². The Bertz CT molecular complexity index is 322. The predicted octanol–water partition coefficient (Wildman–Crippen LogP) is 1.97. The lowest BCUT2D eigenvalue weighted by Gasteiger charge is -2.11. The van der Waals surface area contributed by atoms with Crippen molar-refractivity contribution in [3.05, 3.63) is 16.1 Å². The number of aryl methyl sites for hydroxylation is 2. The summed E-state index contributed by atoms with van der Waals surface area (Å²) in [6, 6.07) is 0. The van der Waals surface area contributed by atoms with Gasteiger partial charge in [-0.2, -0.15) is 0 Å². The fourth-order valence-electron chi connectivity index (χ4n) is 1.58. The lowest BCUT2D eigenvalue weighted by molar-refractivity contribution is -0.121. The summed E-state index contributed by atoms with van der Waals surface area (Å²) >= 11 is 1.64. The topological polar surface area (TPSA) is 50.2 Å². The summed E-state index contributed by atoms with van der Waals surface area (Å²) < 4.78 is 0. The van der Waals surface area contributed by atoms with Gasteiger partial charge in [0, 0.05) is 17.4 Å². The minimum absolute atomic E-state index is 0.00324. The molecular formula is C11H17NO2S. The minimum Gasteiger partial charge on any atom is -0.396 e. The molecular weight excluding hydrogens is 210 g/mol. The van der Waals surface area contributed by atoms with Crippen molar-refractivity contribution in [3.8, 4) is 0 Å². The second kappa shape index (κ2) is 5.98. The number of aliphatic hydroxyl groups is 1. The lowest BCUT2D eigenvalue weighted by atomic mass is 9.95. The van der Waals surface area contributed by atoms with E-state index in [-0.39, 0.29) is 18.3 Å². The van der Waals surface area contributed by atoms with E-state index in [0.29, 0.717) is 6.42 Å². The zero-order valence-corrected chi connectivity index (χ0v) is 10.0. The van der Waals surface area contributed by atoms with Gasteiger partial charge in [-0.05, 0) is 33.1 Å². The Morgan fingerprint density at radius 2 is 2.33 bits per heavy atom. The van der Waals surface area contributed by atoms with Crippen LogP contribution in [0.3, 0.4) is 0 Å². The summed E-state index contributed by atoms with van der Waals surface area (Å²) in [5.74, 6) is 0.169. The zero-order chi connectivity index (χ0) is 11.3. The number of hydrogen-bond donors (Lipinski definition) is 1. The minimum atomic E-state index is -0.00324. The third-order valence-electron chi connectivity index (χ3n) is 2.62. The third kappa shape index (κ3) is 3.72. The number of hydrogen-bond acceptors (Lipinski definition) is 4. The van der Waals surface area contributed by atoms with Gasteiger partial charge in [-0.1, -0.05) is 0 Å². The molecule has 0 aliphatic heterocycles. The van der Waals surface area contributed by atoms with Crippen LogP contribution in [-0.4, -0.2) is 22.5 Å². The molecule has 1 aromatic heterocycles. The van der Waals surface area contributed by atoms with Gasteiger partial charge >= 0.3 is 0 Å². The van der Waals surface area contributed by atoms with Crippen LogP contribution in [0.1, 0.15) is 30.3 Å². The molecule has 84 valence electrons. The first-order valence-corrected chi connectivity index (χ1v) is 6.03. The van der Waals surface area contributed by atoms with E-state index < -0.39 is 0 Å². The number of aromatic nitrogens is 1. The highest BCUT2D eigenvalue weighted by molar-refractivity contribution is 7.09. The van der Waals surface area contributed by atoms with Crippen LogP contribution < -0.4 is 0 Å². The first-order chi connectivity index (χ1) is 7.15. The number of Topliss-reactive ketones (excluding diaryl/α,β-unsaturated/α-hetero) is 1. The molecule has 0 bridgehead atoms. The number of nitrogens with zero attached hydrogens (tertiary/aromatic N) is 1. The molecule has 4 heteroatoms. The van der Waals surface area contributed by atoms with Gasteiger partial charge in [-0.3, -0.25) is 4.79 Å². The smallest absolute Gasteiger partial charge is 0.133 e. The van der Waals surface area contributed by atoms with E-state index in [1.807, 2.05) is 12.4 Å². The van der Waals surface area contributed by atoms with Gasteiger partial charge in [0.2, 0.25) is 0 Å². The number of aliphatic hydroxyl groups excluding tert-OH is 1. The van der Waals surface area contributed by atoms with Gasteiger partial charge in [0.1, 0.15) is 5.78 Å². The summed E-state index contributed by atoms with van der Waals surface area (Å²) in [4.78, 5) is 16.7. The van der Waals surface area contributed by atoms with Gasteiger partial charge in [-0.25, -0.2) is 4.98 Å². The monoisotopic (exact) mass is 227 g/mol. The maximum atomic E-state index is 11.3. The molecule has 0 fully saturated rings. The zero-order valence-electron chi connectivity index (χ0n) is 9.19. The number of rotatable bonds is 6. The van der Waals surface area contributed by atoms with Crippen LogP contribution in [0.2, 0.25) is 0 Å². The van der Waals surface area contributed by atoms with E-state index in [1.165, 1.54) is 4.88 Å². The second-order valence-corrected chi connectivity index (χ2v) is 4.66. The van der Waals surface area contributed by atoms with Gasteiger partial charge < -0.3 is 5.11 Å². The number of ketones is 1. The highest BCUT2D eigenvalue weighted by atomic mass is 32.1. The normalized spacial score (nSPS) is 12.7. The van der Waals surface area contributed by atoms with Gasteiger partial charge in [-0.15, -0.1) is 11.3 Å². The van der Waals surface area contributed by atoms with E-state index in [4.69, 9.17) is 5.11 Å². The molecule has 3 nitrogen and oxygen atoms in total. The van der Waals surface area contributed by atoms with Crippen LogP contribution in [0.15, 0.2) is 5.51 Å². The standard InChI is InChI=1S/C11H17NO2S/c1-8-11(15-7-12-8)4-3-10(5-6-13)9(2)14/h7,10,13H,3-6H2,1-2H3. The molecule has 0 radical (unpaired) electrons. The summed E-state index contributed by atoms with van der Waals surface area (Å²) in [5, 5.41) is 8.84. The third-order valence-corrected chi connectivity index (χ3v) is 3.61. The van der Waals surface area contributed by atoms with Gasteiger partial charge in [0.25, 0.3) is 0 Å². The van der Waals surface area contributed by atoms with E-state index >= 15 is 0 Å². The Morgan fingerprint density at radius 3 is 2.80 bits per heavy atom. The fraction of sp³-hybridized carbons (Fsp3) is 0.636. The molecule has 15 heavy (non-hydrogen) atoms. The molecule has 0 aromatic carbocycles. The van der Waals surface area contributed by atoms with E-state index in [1.54, 1.807) is 18.3 Å². The number of carbonyl (C=O) groups is 1. The molecule has 0 aliphatic rings. The molecule has 1 heterocycles.